The molecule has 0 fully saturated rings. The zero-order chi connectivity index (χ0) is 20.4. The monoisotopic (exact) mass is 475 g/mol. The molecular formula is C17H9Cl4N3O3S. The number of aromatic nitrogens is 3. The maximum Gasteiger partial charge on any atom is 0.279 e. The minimum Gasteiger partial charge on any atom is -0.504 e. The quantitative estimate of drug-likeness (QED) is 0.530. The van der Waals surface area contributed by atoms with Gasteiger partial charge in [-0.1, -0.05) is 52.3 Å². The van der Waals surface area contributed by atoms with Gasteiger partial charge in [0.1, 0.15) is 18.9 Å². The van der Waals surface area contributed by atoms with Gasteiger partial charge in [0.2, 0.25) is 0 Å². The first-order valence-corrected chi connectivity index (χ1v) is 9.80. The van der Waals surface area contributed by atoms with Gasteiger partial charge in [-0.2, -0.15) is 5.10 Å². The fourth-order valence-corrected chi connectivity index (χ4v) is 3.88. The minimum absolute atomic E-state index is 0.0651. The third-order valence-corrected chi connectivity index (χ3v) is 5.48. The zero-order valence-electron chi connectivity index (χ0n) is 13.7. The summed E-state index contributed by atoms with van der Waals surface area (Å²) < 4.78 is 7.07. The number of aromatic hydroxyl groups is 1. The van der Waals surface area contributed by atoms with E-state index in [1.807, 2.05) is 0 Å². The van der Waals surface area contributed by atoms with Crippen molar-refractivity contribution in [3.05, 3.63) is 53.2 Å². The van der Waals surface area contributed by atoms with E-state index in [-0.39, 0.29) is 45.2 Å². The molecule has 0 spiro atoms. The first kappa shape index (κ1) is 20.8. The molecule has 11 heteroatoms. The number of terminal acetylenes is 1. The van der Waals surface area contributed by atoms with Gasteiger partial charge in [-0.15, -0.1) is 17.8 Å². The summed E-state index contributed by atoms with van der Waals surface area (Å²) in [4.78, 5) is 17.5. The Balaban J connectivity index is 2.18. The van der Waals surface area contributed by atoms with Crippen LogP contribution >= 0.6 is 57.7 Å². The van der Waals surface area contributed by atoms with Crippen LogP contribution in [0.4, 0.5) is 0 Å². The van der Waals surface area contributed by atoms with Gasteiger partial charge in [0.25, 0.3) is 5.56 Å². The molecule has 0 aliphatic rings. The average Bonchev–Trinajstić information content (AvgIpc) is 3.07. The van der Waals surface area contributed by atoms with Gasteiger partial charge in [-0.3, -0.25) is 4.79 Å². The van der Waals surface area contributed by atoms with Gasteiger partial charge in [0.05, 0.1) is 26.0 Å². The van der Waals surface area contributed by atoms with Crippen molar-refractivity contribution in [1.29, 1.82) is 0 Å². The molecule has 144 valence electrons. The number of ether oxygens (including phenoxy) is 1. The highest BCUT2D eigenvalue weighted by molar-refractivity contribution is 7.15. The number of rotatable bonds is 5. The summed E-state index contributed by atoms with van der Waals surface area (Å²) >= 11 is 25.6. The molecule has 3 aromatic rings. The third-order valence-electron chi connectivity index (χ3n) is 3.52. The van der Waals surface area contributed by atoms with Crippen LogP contribution < -0.4 is 10.3 Å². The number of hydrogen-bond donors (Lipinski definition) is 1. The van der Waals surface area contributed by atoms with Crippen LogP contribution in [0.15, 0.2) is 23.1 Å². The van der Waals surface area contributed by atoms with Gasteiger partial charge < -0.3 is 9.84 Å². The van der Waals surface area contributed by atoms with Crippen molar-refractivity contribution in [2.45, 2.75) is 13.2 Å². The predicted molar refractivity (Wildman–Crippen MR) is 111 cm³/mol. The smallest absolute Gasteiger partial charge is 0.279 e. The van der Waals surface area contributed by atoms with E-state index in [4.69, 9.17) is 57.6 Å². The zero-order valence-corrected chi connectivity index (χ0v) is 17.6. The van der Waals surface area contributed by atoms with E-state index in [9.17, 15) is 9.90 Å². The van der Waals surface area contributed by atoms with Crippen LogP contribution in [0.2, 0.25) is 19.7 Å². The van der Waals surface area contributed by atoms with E-state index in [1.165, 1.54) is 23.5 Å². The lowest BCUT2D eigenvalue weighted by Crippen LogP contribution is -2.24. The average molecular weight is 477 g/mol. The second-order valence-corrected chi connectivity index (χ2v) is 8.15. The lowest BCUT2D eigenvalue weighted by molar-refractivity contribution is 0.311. The van der Waals surface area contributed by atoms with Gasteiger partial charge in [-0.05, 0) is 12.1 Å². The Morgan fingerprint density at radius 2 is 1.93 bits per heavy atom. The number of thiazole rings is 1. The molecule has 0 atom stereocenters. The molecule has 1 aromatic carbocycles. The van der Waals surface area contributed by atoms with Gasteiger partial charge >= 0.3 is 0 Å². The van der Waals surface area contributed by atoms with Crippen LogP contribution in [-0.2, 0) is 13.2 Å². The highest BCUT2D eigenvalue weighted by Gasteiger charge is 2.25. The molecule has 0 aliphatic heterocycles. The lowest BCUT2D eigenvalue weighted by atomic mass is 10.1. The van der Waals surface area contributed by atoms with Crippen LogP contribution in [0.1, 0.15) is 4.88 Å². The van der Waals surface area contributed by atoms with E-state index < -0.39 is 11.3 Å². The molecule has 2 heterocycles. The van der Waals surface area contributed by atoms with Crippen LogP contribution in [0.25, 0.3) is 11.1 Å². The molecule has 0 aliphatic carbocycles. The highest BCUT2D eigenvalue weighted by atomic mass is 35.5. The number of halogens is 4. The number of hydrogen-bond acceptors (Lipinski definition) is 6. The van der Waals surface area contributed by atoms with Crippen molar-refractivity contribution in [3.63, 3.8) is 0 Å². The second kappa shape index (κ2) is 8.60. The molecule has 2 aromatic heterocycles. The van der Waals surface area contributed by atoms with E-state index in [0.717, 1.165) is 4.68 Å². The standard InChI is InChI=1S/C17H9Cl4N3O3S/c1-2-5-24-16(26)12(13(25)15(20)23-24)11-9(18)3-4-10(19)14(11)27-7-8-6-22-17(21)28-8/h1,3-4,6,25H,5,7H2. The van der Waals surface area contributed by atoms with Crippen LogP contribution in [0.3, 0.4) is 0 Å². The summed E-state index contributed by atoms with van der Waals surface area (Å²) in [5, 5.41) is 14.1. The van der Waals surface area contributed by atoms with Crippen molar-refractivity contribution >= 4 is 57.7 Å². The van der Waals surface area contributed by atoms with E-state index in [1.54, 1.807) is 6.20 Å². The van der Waals surface area contributed by atoms with Crippen molar-refractivity contribution in [1.82, 2.24) is 14.8 Å². The molecular weight excluding hydrogens is 468 g/mol. The van der Waals surface area contributed by atoms with E-state index >= 15 is 0 Å². The Labute approximate surface area is 183 Å². The Bertz CT molecular complexity index is 1150. The van der Waals surface area contributed by atoms with Crippen molar-refractivity contribution < 1.29 is 9.84 Å². The Morgan fingerprint density at radius 3 is 2.57 bits per heavy atom. The number of nitrogens with zero attached hydrogens (tertiary/aromatic N) is 3. The fraction of sp³-hybridized carbons (Fsp3) is 0.118. The van der Waals surface area contributed by atoms with Crippen LogP contribution in [-0.4, -0.2) is 19.9 Å². The molecule has 28 heavy (non-hydrogen) atoms. The van der Waals surface area contributed by atoms with Gasteiger partial charge in [0.15, 0.2) is 15.4 Å². The Hall–Kier alpha value is -1.95. The molecule has 0 unspecified atom stereocenters. The first-order valence-electron chi connectivity index (χ1n) is 7.48. The molecule has 6 nitrogen and oxygen atoms in total. The SMILES string of the molecule is C#CCn1nc(Cl)c(O)c(-c2c(Cl)ccc(Cl)c2OCc2cnc(Cl)s2)c1=O. The maximum atomic E-state index is 12.8. The van der Waals surface area contributed by atoms with Crippen LogP contribution in [0, 0.1) is 12.3 Å². The fourth-order valence-electron chi connectivity index (χ4n) is 2.35. The van der Waals surface area contributed by atoms with Crippen molar-refractivity contribution in [2.75, 3.05) is 0 Å². The molecule has 0 saturated heterocycles. The molecule has 0 bridgehead atoms. The molecule has 0 amide bonds. The summed E-state index contributed by atoms with van der Waals surface area (Å²) in [7, 11) is 0. The summed E-state index contributed by atoms with van der Waals surface area (Å²) in [5.41, 5.74) is -0.850. The molecule has 0 radical (unpaired) electrons. The minimum atomic E-state index is -0.699. The number of benzene rings is 1. The van der Waals surface area contributed by atoms with Crippen molar-refractivity contribution in [3.8, 4) is 35.0 Å². The summed E-state index contributed by atoms with van der Waals surface area (Å²) in [5.74, 6) is 1.82. The topological polar surface area (TPSA) is 77.2 Å². The Kier molecular flexibility index (Phi) is 6.38. The van der Waals surface area contributed by atoms with Gasteiger partial charge in [0, 0.05) is 6.20 Å². The van der Waals surface area contributed by atoms with E-state index in [2.05, 4.69) is 16.0 Å². The van der Waals surface area contributed by atoms with Crippen LogP contribution in [0.5, 0.6) is 11.5 Å². The van der Waals surface area contributed by atoms with Gasteiger partial charge in [-0.25, -0.2) is 9.67 Å². The third kappa shape index (κ3) is 4.07. The highest BCUT2D eigenvalue weighted by Crippen LogP contribution is 2.44. The summed E-state index contributed by atoms with van der Waals surface area (Å²) in [6, 6.07) is 2.97. The summed E-state index contributed by atoms with van der Waals surface area (Å²) in [6.07, 6.45) is 6.81. The molecule has 3 rings (SSSR count). The lowest BCUT2D eigenvalue weighted by Gasteiger charge is -2.16. The largest absolute Gasteiger partial charge is 0.504 e. The Morgan fingerprint density at radius 1 is 1.21 bits per heavy atom. The summed E-state index contributed by atoms with van der Waals surface area (Å²) in [6.45, 7) is -0.0881. The molecule has 0 saturated carbocycles. The van der Waals surface area contributed by atoms with Crippen molar-refractivity contribution in [2.24, 2.45) is 0 Å². The normalized spacial score (nSPS) is 10.7. The maximum absolute atomic E-state index is 12.8. The first-order chi connectivity index (χ1) is 13.3. The molecule has 1 N–H and O–H groups in total. The predicted octanol–water partition coefficient (Wildman–Crippen LogP) is 4.90. The van der Waals surface area contributed by atoms with E-state index in [0.29, 0.717) is 9.34 Å². The second-order valence-electron chi connectivity index (χ2n) is 5.28.